The molecule has 0 aromatic rings. The molecule has 0 aliphatic heterocycles. The molecule has 0 heterocycles. The molecule has 0 bridgehead atoms. The van der Waals surface area contributed by atoms with Crippen LogP contribution in [-0.2, 0) is 38.0 Å². The Kier molecular flexibility index (Phi) is 22.1. The highest BCUT2D eigenvalue weighted by Gasteiger charge is 2.07. The van der Waals surface area contributed by atoms with Crippen LogP contribution in [0, 0.1) is 0 Å². The van der Waals surface area contributed by atoms with Gasteiger partial charge in [0.05, 0.1) is 39.6 Å². The van der Waals surface area contributed by atoms with Crippen molar-refractivity contribution in [3.05, 3.63) is 0 Å². The monoisotopic (exact) mass is 420 g/mol. The van der Waals surface area contributed by atoms with Crippen LogP contribution in [-0.4, -0.2) is 78.0 Å². The van der Waals surface area contributed by atoms with E-state index in [0.29, 0.717) is 46.1 Å². The van der Waals surface area contributed by atoms with E-state index in [4.69, 9.17) is 28.4 Å². The highest BCUT2D eigenvalue weighted by Crippen LogP contribution is 2.00. The Hall–Kier alpha value is -1.22. The van der Waals surface area contributed by atoms with Gasteiger partial charge in [-0.15, -0.1) is 0 Å². The van der Waals surface area contributed by atoms with Gasteiger partial charge in [0.2, 0.25) is 0 Å². The lowest BCUT2D eigenvalue weighted by atomic mass is 10.2. The number of carbonyl (C=O) groups excluding carboxylic acids is 2. The lowest BCUT2D eigenvalue weighted by molar-refractivity contribution is -0.147. The summed E-state index contributed by atoms with van der Waals surface area (Å²) >= 11 is 0. The predicted molar refractivity (Wildman–Crippen MR) is 109 cm³/mol. The van der Waals surface area contributed by atoms with Crippen molar-refractivity contribution in [2.45, 2.75) is 58.8 Å². The zero-order valence-corrected chi connectivity index (χ0v) is 18.3. The SMILES string of the molecule is CCCCOCCOCCOC(=O)CCCC(=O)OCCOCCOCCCC. The quantitative estimate of drug-likeness (QED) is 0.195. The Morgan fingerprint density at radius 2 is 0.828 bits per heavy atom. The number of carbonyl (C=O) groups is 2. The van der Waals surface area contributed by atoms with E-state index in [1.165, 1.54) is 0 Å². The summed E-state index contributed by atoms with van der Waals surface area (Å²) in [6.45, 7) is 8.89. The third kappa shape index (κ3) is 22.9. The van der Waals surface area contributed by atoms with Crippen LogP contribution in [0.5, 0.6) is 0 Å². The van der Waals surface area contributed by atoms with E-state index in [2.05, 4.69) is 13.8 Å². The molecule has 0 rings (SSSR count). The molecule has 172 valence electrons. The lowest BCUT2D eigenvalue weighted by Crippen LogP contribution is -2.14. The zero-order chi connectivity index (χ0) is 21.4. The molecule has 8 nitrogen and oxygen atoms in total. The van der Waals surface area contributed by atoms with Gasteiger partial charge in [-0.05, 0) is 19.3 Å². The van der Waals surface area contributed by atoms with Gasteiger partial charge in [0.15, 0.2) is 0 Å². The van der Waals surface area contributed by atoms with Gasteiger partial charge >= 0.3 is 11.9 Å². The van der Waals surface area contributed by atoms with Gasteiger partial charge in [-0.1, -0.05) is 26.7 Å². The van der Waals surface area contributed by atoms with Crippen molar-refractivity contribution >= 4 is 11.9 Å². The molecule has 0 unspecified atom stereocenters. The van der Waals surface area contributed by atoms with Gasteiger partial charge in [-0.2, -0.15) is 0 Å². The Bertz CT molecular complexity index is 342. The van der Waals surface area contributed by atoms with Gasteiger partial charge in [-0.3, -0.25) is 9.59 Å². The third-order valence-electron chi connectivity index (χ3n) is 3.77. The first-order valence-electron chi connectivity index (χ1n) is 10.8. The maximum absolute atomic E-state index is 11.6. The normalized spacial score (nSPS) is 10.8. The zero-order valence-electron chi connectivity index (χ0n) is 18.3. The van der Waals surface area contributed by atoms with Crippen molar-refractivity contribution in [2.75, 3.05) is 66.1 Å². The van der Waals surface area contributed by atoms with E-state index in [-0.39, 0.29) is 38.0 Å². The molecule has 0 aromatic carbocycles. The summed E-state index contributed by atoms with van der Waals surface area (Å²) < 4.78 is 31.4. The Labute approximate surface area is 175 Å². The third-order valence-corrected chi connectivity index (χ3v) is 3.77. The number of rotatable bonds is 22. The largest absolute Gasteiger partial charge is 0.463 e. The molecular weight excluding hydrogens is 380 g/mol. The van der Waals surface area contributed by atoms with Gasteiger partial charge in [0.25, 0.3) is 0 Å². The molecule has 0 atom stereocenters. The minimum absolute atomic E-state index is 0.181. The highest BCUT2D eigenvalue weighted by molar-refractivity contribution is 5.72. The number of hydrogen-bond donors (Lipinski definition) is 0. The highest BCUT2D eigenvalue weighted by atomic mass is 16.6. The molecule has 0 saturated carbocycles. The fraction of sp³-hybridized carbons (Fsp3) is 0.905. The standard InChI is InChI=1S/C21H40O8/c1-3-5-10-24-12-14-26-16-18-28-20(22)8-7-9-21(23)29-19-17-27-15-13-25-11-6-4-2/h3-19H2,1-2H3. The fourth-order valence-corrected chi connectivity index (χ4v) is 2.09. The van der Waals surface area contributed by atoms with E-state index in [1.54, 1.807) is 0 Å². The number of ether oxygens (including phenoxy) is 6. The van der Waals surface area contributed by atoms with Gasteiger partial charge in [-0.25, -0.2) is 0 Å². The molecule has 0 N–H and O–H groups in total. The van der Waals surface area contributed by atoms with E-state index >= 15 is 0 Å². The van der Waals surface area contributed by atoms with Crippen molar-refractivity contribution in [2.24, 2.45) is 0 Å². The van der Waals surface area contributed by atoms with E-state index in [0.717, 1.165) is 38.9 Å². The molecule has 0 radical (unpaired) electrons. The fourth-order valence-electron chi connectivity index (χ4n) is 2.09. The van der Waals surface area contributed by atoms with Crippen LogP contribution in [0.1, 0.15) is 58.8 Å². The molecule has 8 heteroatoms. The van der Waals surface area contributed by atoms with E-state index in [1.807, 2.05) is 0 Å². The average molecular weight is 421 g/mol. The van der Waals surface area contributed by atoms with Crippen LogP contribution in [0.25, 0.3) is 0 Å². The predicted octanol–water partition coefficient (Wildman–Crippen LogP) is 2.91. The van der Waals surface area contributed by atoms with Crippen molar-refractivity contribution < 1.29 is 38.0 Å². The average Bonchev–Trinajstić information content (AvgIpc) is 2.71. The first-order chi connectivity index (χ1) is 14.2. The Balaban J connectivity index is 3.31. The molecule has 0 saturated heterocycles. The summed E-state index contributed by atoms with van der Waals surface area (Å²) in [4.78, 5) is 23.1. The molecule has 0 fully saturated rings. The first kappa shape index (κ1) is 27.8. The van der Waals surface area contributed by atoms with Crippen molar-refractivity contribution in [3.63, 3.8) is 0 Å². The topological polar surface area (TPSA) is 89.5 Å². The van der Waals surface area contributed by atoms with Crippen LogP contribution >= 0.6 is 0 Å². The summed E-state index contributed by atoms with van der Waals surface area (Å²) in [5.41, 5.74) is 0. The lowest BCUT2D eigenvalue weighted by Gasteiger charge is -2.08. The van der Waals surface area contributed by atoms with Gasteiger partial charge < -0.3 is 28.4 Å². The van der Waals surface area contributed by atoms with Gasteiger partial charge in [0.1, 0.15) is 13.2 Å². The number of unbranched alkanes of at least 4 members (excludes halogenated alkanes) is 2. The molecule has 0 amide bonds. The second kappa shape index (κ2) is 23.1. The summed E-state index contributed by atoms with van der Waals surface area (Å²) in [5, 5.41) is 0. The van der Waals surface area contributed by atoms with Crippen molar-refractivity contribution in [3.8, 4) is 0 Å². The summed E-state index contributed by atoms with van der Waals surface area (Å²) in [6.07, 6.45) is 5.08. The summed E-state index contributed by atoms with van der Waals surface area (Å²) in [6, 6.07) is 0. The van der Waals surface area contributed by atoms with E-state index in [9.17, 15) is 9.59 Å². The number of hydrogen-bond acceptors (Lipinski definition) is 8. The van der Waals surface area contributed by atoms with Gasteiger partial charge in [0, 0.05) is 26.1 Å². The summed E-state index contributed by atoms with van der Waals surface area (Å²) in [7, 11) is 0. The van der Waals surface area contributed by atoms with Crippen molar-refractivity contribution in [1.29, 1.82) is 0 Å². The molecule has 0 spiro atoms. The molecule has 0 aliphatic carbocycles. The molecule has 0 aliphatic rings. The first-order valence-corrected chi connectivity index (χ1v) is 10.8. The Morgan fingerprint density at radius 1 is 0.483 bits per heavy atom. The number of esters is 2. The smallest absolute Gasteiger partial charge is 0.305 e. The Morgan fingerprint density at radius 3 is 1.21 bits per heavy atom. The minimum Gasteiger partial charge on any atom is -0.463 e. The van der Waals surface area contributed by atoms with Crippen LogP contribution in [0.4, 0.5) is 0 Å². The molecular formula is C21H40O8. The minimum atomic E-state index is -0.341. The molecule has 0 aromatic heterocycles. The van der Waals surface area contributed by atoms with Crippen LogP contribution in [0.2, 0.25) is 0 Å². The maximum atomic E-state index is 11.6. The summed E-state index contributed by atoms with van der Waals surface area (Å²) in [5.74, 6) is -0.681. The van der Waals surface area contributed by atoms with Crippen molar-refractivity contribution in [1.82, 2.24) is 0 Å². The van der Waals surface area contributed by atoms with E-state index < -0.39 is 0 Å². The van der Waals surface area contributed by atoms with Crippen LogP contribution in [0.15, 0.2) is 0 Å². The maximum Gasteiger partial charge on any atom is 0.305 e. The van der Waals surface area contributed by atoms with Crippen LogP contribution in [0.3, 0.4) is 0 Å². The molecule has 29 heavy (non-hydrogen) atoms. The second-order valence-electron chi connectivity index (χ2n) is 6.45. The second-order valence-corrected chi connectivity index (χ2v) is 6.45. The van der Waals surface area contributed by atoms with Crippen LogP contribution < -0.4 is 0 Å².